The summed E-state index contributed by atoms with van der Waals surface area (Å²) >= 11 is 3.25. The maximum atomic E-state index is 12.2. The third kappa shape index (κ3) is 2.67. The minimum Gasteiger partial charge on any atom is -0.321 e. The predicted octanol–water partition coefficient (Wildman–Crippen LogP) is 3.64. The summed E-state index contributed by atoms with van der Waals surface area (Å²) in [7, 11) is 0. The molecule has 4 nitrogen and oxygen atoms in total. The van der Waals surface area contributed by atoms with Crippen molar-refractivity contribution >= 4 is 38.4 Å². The Hall–Kier alpha value is -2.27. The molecule has 0 bridgehead atoms. The molecule has 0 spiro atoms. The first-order valence-corrected chi connectivity index (χ1v) is 6.79. The van der Waals surface area contributed by atoms with Crippen LogP contribution in [0.2, 0.25) is 0 Å². The fraction of sp³-hybridized carbons (Fsp3) is 0. The van der Waals surface area contributed by atoms with Crippen molar-refractivity contribution in [3.63, 3.8) is 0 Å². The molecule has 0 saturated heterocycles. The van der Waals surface area contributed by atoms with E-state index in [1.165, 1.54) is 0 Å². The zero-order chi connectivity index (χ0) is 13.9. The third-order valence-corrected chi connectivity index (χ3v) is 3.32. The number of halogens is 1. The molecular weight excluding hydrogens is 318 g/mol. The topological polar surface area (TPSA) is 54.9 Å². The highest BCUT2D eigenvalue weighted by Gasteiger charge is 2.07. The molecule has 0 saturated carbocycles. The van der Waals surface area contributed by atoms with Crippen molar-refractivity contribution in [2.24, 2.45) is 0 Å². The molecule has 2 aromatic heterocycles. The summed E-state index contributed by atoms with van der Waals surface area (Å²) in [5.41, 5.74) is 2.02. The number of fused-ring (bicyclic) bond motifs is 1. The molecule has 5 heteroatoms. The van der Waals surface area contributed by atoms with Crippen molar-refractivity contribution in [3.05, 3.63) is 65.0 Å². The molecule has 0 aliphatic carbocycles. The van der Waals surface area contributed by atoms with E-state index in [0.29, 0.717) is 11.3 Å². The van der Waals surface area contributed by atoms with Crippen LogP contribution in [-0.2, 0) is 0 Å². The molecule has 20 heavy (non-hydrogen) atoms. The number of hydrogen-bond donors (Lipinski definition) is 1. The Bertz CT molecular complexity index is 771. The van der Waals surface area contributed by atoms with E-state index in [1.807, 2.05) is 18.2 Å². The number of carbonyl (C=O) groups is 1. The summed E-state index contributed by atoms with van der Waals surface area (Å²) in [4.78, 5) is 20.5. The van der Waals surface area contributed by atoms with Gasteiger partial charge in [-0.15, -0.1) is 0 Å². The van der Waals surface area contributed by atoms with E-state index in [1.54, 1.807) is 36.7 Å². The fourth-order valence-electron chi connectivity index (χ4n) is 1.86. The number of nitrogens with zero attached hydrogens (tertiary/aromatic N) is 2. The van der Waals surface area contributed by atoms with Gasteiger partial charge in [0.2, 0.25) is 0 Å². The summed E-state index contributed by atoms with van der Waals surface area (Å²) in [5, 5.41) is 3.81. The second-order valence-corrected chi connectivity index (χ2v) is 5.05. The lowest BCUT2D eigenvalue weighted by Crippen LogP contribution is -2.11. The summed E-state index contributed by atoms with van der Waals surface area (Å²) in [6, 6.07) is 12.8. The lowest BCUT2D eigenvalue weighted by molar-refractivity contribution is 0.102. The van der Waals surface area contributed by atoms with Crippen LogP contribution < -0.4 is 5.32 Å². The minimum atomic E-state index is -0.179. The van der Waals surface area contributed by atoms with Crippen LogP contribution in [0.15, 0.2) is 59.5 Å². The highest BCUT2D eigenvalue weighted by Crippen LogP contribution is 2.15. The van der Waals surface area contributed by atoms with Crippen LogP contribution in [0.5, 0.6) is 0 Å². The van der Waals surface area contributed by atoms with Gasteiger partial charge in [0.25, 0.3) is 5.91 Å². The Morgan fingerprint density at radius 1 is 1.10 bits per heavy atom. The summed E-state index contributed by atoms with van der Waals surface area (Å²) in [5.74, 6) is -0.179. The third-order valence-electron chi connectivity index (χ3n) is 2.85. The highest BCUT2D eigenvalue weighted by atomic mass is 79.9. The number of aromatic nitrogens is 2. The van der Waals surface area contributed by atoms with E-state index >= 15 is 0 Å². The number of nitrogens with one attached hydrogen (secondary N) is 1. The Labute approximate surface area is 124 Å². The molecule has 1 N–H and O–H groups in total. The molecule has 0 unspecified atom stereocenters. The van der Waals surface area contributed by atoms with E-state index in [-0.39, 0.29) is 5.91 Å². The SMILES string of the molecule is O=C(Nc1ccc(Br)nc1)c1ccc2cccnc2c1. The average Bonchev–Trinajstić information content (AvgIpc) is 2.49. The summed E-state index contributed by atoms with van der Waals surface area (Å²) in [6.45, 7) is 0. The molecule has 0 atom stereocenters. The summed E-state index contributed by atoms with van der Waals surface area (Å²) < 4.78 is 0.727. The van der Waals surface area contributed by atoms with E-state index < -0.39 is 0 Å². The van der Waals surface area contributed by atoms with Gasteiger partial charge < -0.3 is 5.32 Å². The number of benzene rings is 1. The lowest BCUT2D eigenvalue weighted by Gasteiger charge is -2.05. The molecule has 0 radical (unpaired) electrons. The number of anilines is 1. The number of carbonyl (C=O) groups excluding carboxylic acids is 1. The quantitative estimate of drug-likeness (QED) is 0.731. The molecular formula is C15H10BrN3O. The Morgan fingerprint density at radius 3 is 2.80 bits per heavy atom. The number of pyridine rings is 2. The molecule has 0 aliphatic rings. The fourth-order valence-corrected chi connectivity index (χ4v) is 2.10. The van der Waals surface area contributed by atoms with Gasteiger partial charge in [-0.1, -0.05) is 12.1 Å². The maximum Gasteiger partial charge on any atom is 0.255 e. The van der Waals surface area contributed by atoms with Gasteiger partial charge >= 0.3 is 0 Å². The van der Waals surface area contributed by atoms with Gasteiger partial charge in [0, 0.05) is 17.1 Å². The molecule has 3 rings (SSSR count). The normalized spacial score (nSPS) is 10.4. The van der Waals surface area contributed by atoms with Crippen molar-refractivity contribution in [3.8, 4) is 0 Å². The van der Waals surface area contributed by atoms with Crippen molar-refractivity contribution in [1.29, 1.82) is 0 Å². The average molecular weight is 328 g/mol. The number of rotatable bonds is 2. The van der Waals surface area contributed by atoms with Gasteiger partial charge in [-0.3, -0.25) is 9.78 Å². The molecule has 1 amide bonds. The van der Waals surface area contributed by atoms with E-state index in [4.69, 9.17) is 0 Å². The first-order chi connectivity index (χ1) is 9.72. The van der Waals surface area contributed by atoms with E-state index in [2.05, 4.69) is 31.2 Å². The Morgan fingerprint density at radius 2 is 2.00 bits per heavy atom. The lowest BCUT2D eigenvalue weighted by atomic mass is 10.1. The van der Waals surface area contributed by atoms with Crippen LogP contribution in [0.1, 0.15) is 10.4 Å². The minimum absolute atomic E-state index is 0.179. The van der Waals surface area contributed by atoms with Gasteiger partial charge in [-0.25, -0.2) is 4.98 Å². The largest absolute Gasteiger partial charge is 0.321 e. The first-order valence-electron chi connectivity index (χ1n) is 6.00. The molecule has 3 aromatic rings. The van der Waals surface area contributed by atoms with Crippen molar-refractivity contribution in [2.45, 2.75) is 0 Å². The van der Waals surface area contributed by atoms with Gasteiger partial charge in [0.1, 0.15) is 4.60 Å². The molecule has 98 valence electrons. The van der Waals surface area contributed by atoms with Crippen LogP contribution in [0, 0.1) is 0 Å². The van der Waals surface area contributed by atoms with E-state index in [0.717, 1.165) is 15.5 Å². The molecule has 0 aliphatic heterocycles. The Balaban J connectivity index is 1.86. The molecule has 0 fully saturated rings. The van der Waals surface area contributed by atoms with Crippen molar-refractivity contribution < 1.29 is 4.79 Å². The van der Waals surface area contributed by atoms with Crippen LogP contribution in [-0.4, -0.2) is 15.9 Å². The smallest absolute Gasteiger partial charge is 0.255 e. The number of amides is 1. The second-order valence-electron chi connectivity index (χ2n) is 4.23. The zero-order valence-electron chi connectivity index (χ0n) is 10.4. The zero-order valence-corrected chi connectivity index (χ0v) is 12.0. The van der Waals surface area contributed by atoms with Gasteiger partial charge in [0.05, 0.1) is 17.4 Å². The maximum absolute atomic E-state index is 12.2. The standard InChI is InChI=1S/C15H10BrN3O/c16-14-6-5-12(9-18-14)19-15(20)11-4-3-10-2-1-7-17-13(10)8-11/h1-9H,(H,19,20). The van der Waals surface area contributed by atoms with Crippen LogP contribution >= 0.6 is 15.9 Å². The van der Waals surface area contributed by atoms with Gasteiger partial charge in [0.15, 0.2) is 0 Å². The first kappa shape index (κ1) is 12.7. The number of hydrogen-bond acceptors (Lipinski definition) is 3. The molecule has 2 heterocycles. The van der Waals surface area contributed by atoms with Crippen LogP contribution in [0.25, 0.3) is 10.9 Å². The van der Waals surface area contributed by atoms with Gasteiger partial charge in [-0.2, -0.15) is 0 Å². The molecule has 1 aromatic carbocycles. The highest BCUT2D eigenvalue weighted by molar-refractivity contribution is 9.10. The predicted molar refractivity (Wildman–Crippen MR) is 81.6 cm³/mol. The van der Waals surface area contributed by atoms with Crippen LogP contribution in [0.3, 0.4) is 0 Å². The van der Waals surface area contributed by atoms with Crippen molar-refractivity contribution in [2.75, 3.05) is 5.32 Å². The van der Waals surface area contributed by atoms with Crippen LogP contribution in [0.4, 0.5) is 5.69 Å². The van der Waals surface area contributed by atoms with Crippen molar-refractivity contribution in [1.82, 2.24) is 9.97 Å². The van der Waals surface area contributed by atoms with E-state index in [9.17, 15) is 4.79 Å². The second kappa shape index (κ2) is 5.38. The Kier molecular flexibility index (Phi) is 3.43. The monoisotopic (exact) mass is 327 g/mol. The van der Waals surface area contributed by atoms with Gasteiger partial charge in [-0.05, 0) is 46.3 Å². The summed E-state index contributed by atoms with van der Waals surface area (Å²) in [6.07, 6.45) is 3.31.